The van der Waals surface area contributed by atoms with E-state index in [9.17, 15) is 8.42 Å². The fourth-order valence-electron chi connectivity index (χ4n) is 2.42. The molecule has 1 fully saturated rings. The molecule has 1 rings (SSSR count). The van der Waals surface area contributed by atoms with Crippen LogP contribution in [0.2, 0.25) is 0 Å². The maximum atomic E-state index is 11.6. The van der Waals surface area contributed by atoms with E-state index in [0.29, 0.717) is 37.2 Å². The average Bonchev–Trinajstić information content (AvgIpc) is 2.56. The molecule has 1 heterocycles. The van der Waals surface area contributed by atoms with Crippen LogP contribution in [0.4, 0.5) is 0 Å². The van der Waals surface area contributed by atoms with Crippen molar-refractivity contribution in [2.75, 3.05) is 31.1 Å². The molecule has 0 aromatic rings. The van der Waals surface area contributed by atoms with E-state index < -0.39 is 9.84 Å². The Morgan fingerprint density at radius 1 is 1.38 bits per heavy atom. The molecule has 0 amide bonds. The van der Waals surface area contributed by atoms with E-state index in [1.165, 1.54) is 0 Å². The highest BCUT2D eigenvalue weighted by Crippen LogP contribution is 2.22. The van der Waals surface area contributed by atoms with Crippen LogP contribution in [0.25, 0.3) is 0 Å². The van der Waals surface area contributed by atoms with Crippen molar-refractivity contribution in [3.05, 3.63) is 0 Å². The van der Waals surface area contributed by atoms with Crippen LogP contribution in [-0.2, 0) is 9.84 Å². The number of hydrogen-bond donors (Lipinski definition) is 1. The van der Waals surface area contributed by atoms with Crippen molar-refractivity contribution in [3.8, 4) is 0 Å². The van der Waals surface area contributed by atoms with Gasteiger partial charge in [-0.05, 0) is 25.3 Å². The van der Waals surface area contributed by atoms with Gasteiger partial charge in [-0.2, -0.15) is 0 Å². The van der Waals surface area contributed by atoms with Gasteiger partial charge in [-0.1, -0.05) is 13.8 Å². The molecule has 2 atom stereocenters. The van der Waals surface area contributed by atoms with Gasteiger partial charge in [0.1, 0.15) is 0 Å². The molecule has 0 aliphatic carbocycles. The third kappa shape index (κ3) is 3.71. The van der Waals surface area contributed by atoms with E-state index in [2.05, 4.69) is 11.8 Å². The molecule has 16 heavy (non-hydrogen) atoms. The molecule has 5 heteroatoms. The smallest absolute Gasteiger partial charge is 0.151 e. The summed E-state index contributed by atoms with van der Waals surface area (Å²) < 4.78 is 23.2. The zero-order chi connectivity index (χ0) is 12.2. The minimum atomic E-state index is -2.85. The standard InChI is InChI=1S/C11H24N2O2S/c1-3-7-16(14,15)8-6-13-5-4-10(2)11(13)9-12/h10-11H,3-9,12H2,1-2H3. The van der Waals surface area contributed by atoms with Gasteiger partial charge in [0.2, 0.25) is 0 Å². The van der Waals surface area contributed by atoms with Gasteiger partial charge in [-0.15, -0.1) is 0 Å². The normalized spacial score (nSPS) is 27.4. The zero-order valence-electron chi connectivity index (χ0n) is 10.4. The summed E-state index contributed by atoms with van der Waals surface area (Å²) in [5.41, 5.74) is 5.72. The van der Waals surface area contributed by atoms with E-state index >= 15 is 0 Å². The third-order valence-corrected chi connectivity index (χ3v) is 5.28. The van der Waals surface area contributed by atoms with Crippen molar-refractivity contribution in [3.63, 3.8) is 0 Å². The number of hydrogen-bond acceptors (Lipinski definition) is 4. The van der Waals surface area contributed by atoms with Gasteiger partial charge in [0.25, 0.3) is 0 Å². The maximum absolute atomic E-state index is 11.6. The minimum absolute atomic E-state index is 0.282. The first-order chi connectivity index (χ1) is 7.50. The van der Waals surface area contributed by atoms with Gasteiger partial charge < -0.3 is 5.73 Å². The number of likely N-dealkylation sites (tertiary alicyclic amines) is 1. The second-order valence-electron chi connectivity index (χ2n) is 4.76. The van der Waals surface area contributed by atoms with Gasteiger partial charge >= 0.3 is 0 Å². The van der Waals surface area contributed by atoms with Crippen LogP contribution in [0.5, 0.6) is 0 Å². The number of rotatable bonds is 6. The van der Waals surface area contributed by atoms with E-state index in [4.69, 9.17) is 5.73 Å². The summed E-state index contributed by atoms with van der Waals surface area (Å²) in [4.78, 5) is 2.23. The lowest BCUT2D eigenvalue weighted by Crippen LogP contribution is -2.40. The molecule has 96 valence electrons. The van der Waals surface area contributed by atoms with Crippen LogP contribution in [-0.4, -0.2) is 50.5 Å². The topological polar surface area (TPSA) is 63.4 Å². The predicted octanol–water partition coefficient (Wildman–Crippen LogP) is 0.480. The first-order valence-electron chi connectivity index (χ1n) is 6.14. The molecule has 0 spiro atoms. The molecule has 2 unspecified atom stereocenters. The zero-order valence-corrected chi connectivity index (χ0v) is 11.2. The van der Waals surface area contributed by atoms with Crippen LogP contribution in [0, 0.1) is 5.92 Å². The molecule has 0 aromatic heterocycles. The SMILES string of the molecule is CCCS(=O)(=O)CCN1CCC(C)C1CN. The molecule has 1 aliphatic heterocycles. The highest BCUT2D eigenvalue weighted by atomic mass is 32.2. The van der Waals surface area contributed by atoms with Crippen molar-refractivity contribution in [2.45, 2.75) is 32.7 Å². The van der Waals surface area contributed by atoms with Crippen molar-refractivity contribution in [1.82, 2.24) is 4.90 Å². The molecule has 2 N–H and O–H groups in total. The lowest BCUT2D eigenvalue weighted by atomic mass is 10.0. The van der Waals surface area contributed by atoms with Gasteiger partial charge in [-0.25, -0.2) is 8.42 Å². The second-order valence-corrected chi connectivity index (χ2v) is 7.06. The van der Waals surface area contributed by atoms with Crippen molar-refractivity contribution >= 4 is 9.84 Å². The van der Waals surface area contributed by atoms with Gasteiger partial charge in [-0.3, -0.25) is 4.90 Å². The molecule has 0 bridgehead atoms. The molecule has 0 aromatic carbocycles. The lowest BCUT2D eigenvalue weighted by Gasteiger charge is -2.25. The Bertz CT molecular complexity index is 303. The summed E-state index contributed by atoms with van der Waals surface area (Å²) in [5.74, 6) is 1.19. The van der Waals surface area contributed by atoms with Crippen LogP contribution in [0.1, 0.15) is 26.7 Å². The molecule has 1 aliphatic rings. The number of sulfone groups is 1. The van der Waals surface area contributed by atoms with E-state index in [1.807, 2.05) is 6.92 Å². The Morgan fingerprint density at radius 3 is 2.62 bits per heavy atom. The summed E-state index contributed by atoms with van der Waals surface area (Å²) in [6.45, 7) is 6.37. The Kier molecular flexibility index (Phi) is 5.21. The van der Waals surface area contributed by atoms with Crippen LogP contribution < -0.4 is 5.73 Å². The third-order valence-electron chi connectivity index (χ3n) is 3.44. The number of nitrogens with zero attached hydrogens (tertiary/aromatic N) is 1. The Balaban J connectivity index is 2.44. The molecular weight excluding hydrogens is 224 g/mol. The Labute approximate surface area is 99.1 Å². The van der Waals surface area contributed by atoms with Gasteiger partial charge in [0, 0.05) is 24.9 Å². The van der Waals surface area contributed by atoms with Crippen LogP contribution in [0.15, 0.2) is 0 Å². The molecular formula is C11H24N2O2S. The van der Waals surface area contributed by atoms with Crippen molar-refractivity contribution in [1.29, 1.82) is 0 Å². The summed E-state index contributed by atoms with van der Waals surface area (Å²) in [7, 11) is -2.85. The molecule has 0 radical (unpaired) electrons. The van der Waals surface area contributed by atoms with E-state index in [0.717, 1.165) is 13.0 Å². The largest absolute Gasteiger partial charge is 0.329 e. The number of nitrogens with two attached hydrogens (primary N) is 1. The quantitative estimate of drug-likeness (QED) is 0.742. The van der Waals surface area contributed by atoms with Crippen LogP contribution >= 0.6 is 0 Å². The summed E-state index contributed by atoms with van der Waals surface area (Å²) in [6, 6.07) is 0.372. The average molecular weight is 248 g/mol. The van der Waals surface area contributed by atoms with E-state index in [1.54, 1.807) is 0 Å². The minimum Gasteiger partial charge on any atom is -0.329 e. The highest BCUT2D eigenvalue weighted by molar-refractivity contribution is 7.91. The predicted molar refractivity (Wildman–Crippen MR) is 67.1 cm³/mol. The Hall–Kier alpha value is -0.130. The maximum Gasteiger partial charge on any atom is 0.151 e. The fourth-order valence-corrected chi connectivity index (χ4v) is 3.75. The van der Waals surface area contributed by atoms with Crippen molar-refractivity contribution in [2.24, 2.45) is 11.7 Å². The van der Waals surface area contributed by atoms with Gasteiger partial charge in [0.05, 0.1) is 5.75 Å². The lowest BCUT2D eigenvalue weighted by molar-refractivity contribution is 0.249. The van der Waals surface area contributed by atoms with Gasteiger partial charge in [0.15, 0.2) is 9.84 Å². The second kappa shape index (κ2) is 5.98. The summed E-state index contributed by atoms with van der Waals surface area (Å²) in [6.07, 6.45) is 1.84. The summed E-state index contributed by atoms with van der Waals surface area (Å²) in [5, 5.41) is 0. The fraction of sp³-hybridized carbons (Fsp3) is 1.00. The molecule has 4 nitrogen and oxygen atoms in total. The first kappa shape index (κ1) is 13.9. The highest BCUT2D eigenvalue weighted by Gasteiger charge is 2.30. The monoisotopic (exact) mass is 248 g/mol. The van der Waals surface area contributed by atoms with E-state index in [-0.39, 0.29) is 5.75 Å². The van der Waals surface area contributed by atoms with Crippen LogP contribution in [0.3, 0.4) is 0 Å². The van der Waals surface area contributed by atoms with Crippen molar-refractivity contribution < 1.29 is 8.42 Å². The molecule has 1 saturated heterocycles. The molecule has 0 saturated carbocycles. The first-order valence-corrected chi connectivity index (χ1v) is 7.97. The summed E-state index contributed by atoms with van der Waals surface area (Å²) >= 11 is 0. The Morgan fingerprint density at radius 2 is 2.06 bits per heavy atom.